The number of carbonyl (C=O) groups is 2. The lowest BCUT2D eigenvalue weighted by Crippen LogP contribution is -2.42. The van der Waals surface area contributed by atoms with Crippen molar-refractivity contribution >= 4 is 28.8 Å². The number of nitro groups is 1. The van der Waals surface area contributed by atoms with Crippen molar-refractivity contribution in [2.75, 3.05) is 39.4 Å². The van der Waals surface area contributed by atoms with E-state index in [9.17, 15) is 24.8 Å². The summed E-state index contributed by atoms with van der Waals surface area (Å²) in [7, 11) is 0. The molecule has 2 fully saturated rings. The summed E-state index contributed by atoms with van der Waals surface area (Å²) in [6.07, 6.45) is 1.74. The molecule has 0 spiro atoms. The first-order valence-electron chi connectivity index (χ1n) is 12.1. The van der Waals surface area contributed by atoms with Gasteiger partial charge in [0.25, 0.3) is 17.4 Å². The second-order valence-corrected chi connectivity index (χ2v) is 9.23. The van der Waals surface area contributed by atoms with Crippen molar-refractivity contribution in [3.63, 3.8) is 0 Å². The molecule has 2 saturated heterocycles. The number of hydrogen-bond acceptors (Lipinski definition) is 8. The standard InChI is InChI=1S/C26H27N5O6/c1-16-4-3-9-29-21(17(2)27-25(16)29)23(32)20-22(18-5-7-19(8-6-18)31(35)36)30(26(34)24(20)33)11-10-28-12-14-37-15-13-28/h3-9,22,32H,10-15H2,1-2H3/t22-/m1/s1. The predicted molar refractivity (Wildman–Crippen MR) is 134 cm³/mol. The first kappa shape index (κ1) is 24.6. The van der Waals surface area contributed by atoms with Gasteiger partial charge in [0.15, 0.2) is 5.76 Å². The van der Waals surface area contributed by atoms with Crippen molar-refractivity contribution in [3.8, 4) is 0 Å². The Kier molecular flexibility index (Phi) is 6.48. The summed E-state index contributed by atoms with van der Waals surface area (Å²) in [5.41, 5.74) is 2.69. The Morgan fingerprint density at radius 1 is 1.14 bits per heavy atom. The molecule has 1 N–H and O–H groups in total. The zero-order chi connectivity index (χ0) is 26.3. The van der Waals surface area contributed by atoms with Crippen LogP contribution in [0.15, 0.2) is 48.2 Å². The van der Waals surface area contributed by atoms with E-state index in [0.717, 1.165) is 5.56 Å². The molecule has 0 saturated carbocycles. The van der Waals surface area contributed by atoms with Crippen LogP contribution in [-0.4, -0.2) is 80.3 Å². The van der Waals surface area contributed by atoms with Crippen LogP contribution in [0, 0.1) is 24.0 Å². The van der Waals surface area contributed by atoms with E-state index in [-0.39, 0.29) is 23.6 Å². The lowest BCUT2D eigenvalue weighted by Gasteiger charge is -2.31. The quantitative estimate of drug-likeness (QED) is 0.178. The average molecular weight is 506 g/mol. The number of Topliss-reactive ketones (excluding diaryl/α,β-unsaturated/α-hetero) is 1. The Labute approximate surface area is 212 Å². The maximum absolute atomic E-state index is 13.4. The lowest BCUT2D eigenvalue weighted by molar-refractivity contribution is -0.384. The highest BCUT2D eigenvalue weighted by Gasteiger charge is 2.46. The number of ketones is 1. The molecular formula is C26H27N5O6. The van der Waals surface area contributed by atoms with Crippen LogP contribution < -0.4 is 0 Å². The van der Waals surface area contributed by atoms with Crippen molar-refractivity contribution in [2.45, 2.75) is 19.9 Å². The highest BCUT2D eigenvalue weighted by molar-refractivity contribution is 6.46. The van der Waals surface area contributed by atoms with Gasteiger partial charge < -0.3 is 14.7 Å². The number of imidazole rings is 1. The number of aryl methyl sites for hydroxylation is 2. The molecule has 5 rings (SSSR count). The molecular weight excluding hydrogens is 478 g/mol. The molecule has 4 heterocycles. The molecule has 192 valence electrons. The average Bonchev–Trinajstić information content (AvgIpc) is 3.37. The first-order chi connectivity index (χ1) is 17.8. The van der Waals surface area contributed by atoms with Gasteiger partial charge in [0.2, 0.25) is 0 Å². The van der Waals surface area contributed by atoms with Gasteiger partial charge in [0, 0.05) is 44.5 Å². The molecule has 11 nitrogen and oxygen atoms in total. The number of nitro benzene ring substituents is 1. The number of morpholine rings is 1. The van der Waals surface area contributed by atoms with Crippen LogP contribution in [0.2, 0.25) is 0 Å². The number of fused-ring (bicyclic) bond motifs is 1. The number of aliphatic hydroxyl groups excluding tert-OH is 1. The summed E-state index contributed by atoms with van der Waals surface area (Å²) >= 11 is 0. The van der Waals surface area contributed by atoms with E-state index in [4.69, 9.17) is 4.74 Å². The van der Waals surface area contributed by atoms with Crippen molar-refractivity contribution in [1.29, 1.82) is 0 Å². The monoisotopic (exact) mass is 505 g/mol. The van der Waals surface area contributed by atoms with Crippen LogP contribution in [0.5, 0.6) is 0 Å². The molecule has 2 aliphatic heterocycles. The molecule has 37 heavy (non-hydrogen) atoms. The van der Waals surface area contributed by atoms with Gasteiger partial charge in [-0.25, -0.2) is 4.98 Å². The number of carbonyl (C=O) groups excluding carboxylic acids is 2. The number of ether oxygens (including phenoxy) is 1. The molecule has 0 radical (unpaired) electrons. The number of pyridine rings is 1. The number of amides is 1. The summed E-state index contributed by atoms with van der Waals surface area (Å²) in [4.78, 5) is 45.5. The number of aromatic nitrogens is 2. The van der Waals surface area contributed by atoms with Crippen LogP contribution in [-0.2, 0) is 14.3 Å². The van der Waals surface area contributed by atoms with Crippen LogP contribution in [0.1, 0.15) is 28.6 Å². The normalized spacial score (nSPS) is 20.2. The second kappa shape index (κ2) is 9.75. The molecule has 1 aromatic carbocycles. The summed E-state index contributed by atoms with van der Waals surface area (Å²) in [6, 6.07) is 8.52. The number of hydrogen-bond donors (Lipinski definition) is 1. The number of non-ortho nitro benzene ring substituents is 1. The van der Waals surface area contributed by atoms with Gasteiger partial charge in [-0.1, -0.05) is 6.07 Å². The topological polar surface area (TPSA) is 131 Å². The number of benzene rings is 1. The van der Waals surface area contributed by atoms with Gasteiger partial charge in [-0.05, 0) is 43.2 Å². The predicted octanol–water partition coefficient (Wildman–Crippen LogP) is 2.61. The summed E-state index contributed by atoms with van der Waals surface area (Å²) in [5, 5.41) is 22.8. The molecule has 0 aliphatic carbocycles. The van der Waals surface area contributed by atoms with E-state index in [1.165, 1.54) is 29.2 Å². The van der Waals surface area contributed by atoms with Gasteiger partial charge in [-0.2, -0.15) is 0 Å². The van der Waals surface area contributed by atoms with E-state index >= 15 is 0 Å². The number of aliphatic hydroxyl groups is 1. The van der Waals surface area contributed by atoms with Gasteiger partial charge in [-0.3, -0.25) is 29.0 Å². The first-order valence-corrected chi connectivity index (χ1v) is 12.1. The fraction of sp³-hybridized carbons (Fsp3) is 0.346. The zero-order valence-corrected chi connectivity index (χ0v) is 20.6. The van der Waals surface area contributed by atoms with Crippen molar-refractivity contribution in [2.24, 2.45) is 0 Å². The molecule has 0 unspecified atom stereocenters. The fourth-order valence-electron chi connectivity index (χ4n) is 5.04. The largest absolute Gasteiger partial charge is 0.505 e. The van der Waals surface area contributed by atoms with E-state index < -0.39 is 22.7 Å². The second-order valence-electron chi connectivity index (χ2n) is 9.23. The maximum Gasteiger partial charge on any atom is 0.295 e. The summed E-state index contributed by atoms with van der Waals surface area (Å²) < 4.78 is 7.10. The summed E-state index contributed by atoms with van der Waals surface area (Å²) in [6.45, 7) is 7.01. The molecule has 11 heteroatoms. The molecule has 1 amide bonds. The van der Waals surface area contributed by atoms with E-state index in [0.29, 0.717) is 55.4 Å². The van der Waals surface area contributed by atoms with Gasteiger partial charge in [0.1, 0.15) is 11.3 Å². The Balaban J connectivity index is 1.62. The summed E-state index contributed by atoms with van der Waals surface area (Å²) in [5.74, 6) is -1.85. The van der Waals surface area contributed by atoms with Crippen LogP contribution in [0.3, 0.4) is 0 Å². The van der Waals surface area contributed by atoms with Crippen LogP contribution in [0.4, 0.5) is 5.69 Å². The minimum Gasteiger partial charge on any atom is -0.505 e. The van der Waals surface area contributed by atoms with Crippen molar-refractivity contribution in [1.82, 2.24) is 19.2 Å². The van der Waals surface area contributed by atoms with Gasteiger partial charge in [0.05, 0.1) is 35.4 Å². The van der Waals surface area contributed by atoms with Gasteiger partial charge >= 0.3 is 0 Å². The van der Waals surface area contributed by atoms with Crippen molar-refractivity contribution < 1.29 is 24.4 Å². The molecule has 2 aliphatic rings. The third-order valence-corrected chi connectivity index (χ3v) is 6.96. The van der Waals surface area contributed by atoms with Gasteiger partial charge in [-0.15, -0.1) is 0 Å². The number of nitrogens with zero attached hydrogens (tertiary/aromatic N) is 5. The molecule has 0 bridgehead atoms. The molecule has 2 aromatic heterocycles. The molecule has 3 aromatic rings. The zero-order valence-electron chi connectivity index (χ0n) is 20.6. The van der Waals surface area contributed by atoms with E-state index in [1.54, 1.807) is 17.5 Å². The third kappa shape index (κ3) is 4.36. The number of rotatable bonds is 6. The Morgan fingerprint density at radius 3 is 2.51 bits per heavy atom. The molecule has 1 atom stereocenters. The van der Waals surface area contributed by atoms with Crippen LogP contribution in [0.25, 0.3) is 11.4 Å². The third-order valence-electron chi connectivity index (χ3n) is 6.96. The van der Waals surface area contributed by atoms with E-state index in [1.807, 2.05) is 19.1 Å². The minimum atomic E-state index is -0.906. The highest BCUT2D eigenvalue weighted by atomic mass is 16.6. The highest BCUT2D eigenvalue weighted by Crippen LogP contribution is 2.40. The number of likely N-dealkylation sites (tertiary alicyclic amines) is 1. The van der Waals surface area contributed by atoms with Crippen LogP contribution >= 0.6 is 0 Å². The van der Waals surface area contributed by atoms with E-state index in [2.05, 4.69) is 9.88 Å². The smallest absolute Gasteiger partial charge is 0.295 e. The minimum absolute atomic E-state index is 0.0627. The van der Waals surface area contributed by atoms with Crippen molar-refractivity contribution in [3.05, 3.63) is 80.8 Å². The fourth-order valence-corrected chi connectivity index (χ4v) is 5.04. The lowest BCUT2D eigenvalue weighted by atomic mass is 9.96. The Bertz CT molecular complexity index is 1420. The SMILES string of the molecule is Cc1nc2c(C)cccn2c1C(O)=C1C(=O)C(=O)N(CCN2CCOCC2)[C@@H]1c1ccc([N+](=O)[O-])cc1. The maximum atomic E-state index is 13.4. The Hall–Kier alpha value is -4.09. The Morgan fingerprint density at radius 2 is 1.84 bits per heavy atom.